The monoisotopic (exact) mass is 735 g/mol. The van der Waals surface area contributed by atoms with Crippen molar-refractivity contribution in [3.63, 3.8) is 0 Å². The summed E-state index contributed by atoms with van der Waals surface area (Å²) < 4.78 is 0. The Balaban J connectivity index is 1.01. The van der Waals surface area contributed by atoms with E-state index in [4.69, 9.17) is 15.0 Å². The van der Waals surface area contributed by atoms with Gasteiger partial charge in [0.2, 0.25) is 0 Å². The van der Waals surface area contributed by atoms with Crippen LogP contribution >= 0.6 is 0 Å². The fraction of sp³-hybridized carbons (Fsp3) is 0. The lowest BCUT2D eigenvalue weighted by Crippen LogP contribution is -1.94. The van der Waals surface area contributed by atoms with Crippen LogP contribution in [0.5, 0.6) is 0 Å². The number of hydrogen-bond donors (Lipinski definition) is 0. The quantitative estimate of drug-likeness (QED) is 0.133. The first kappa shape index (κ1) is 32.5. The lowest BCUT2D eigenvalue weighted by atomic mass is 9.86. The summed E-state index contributed by atoms with van der Waals surface area (Å²) >= 11 is 0. The van der Waals surface area contributed by atoms with Crippen LogP contribution in [0.2, 0.25) is 0 Å². The van der Waals surface area contributed by atoms with Gasteiger partial charge in [-0.05, 0) is 72.1 Å². The molecule has 0 saturated carbocycles. The molecule has 0 unspecified atom stereocenters. The topological polar surface area (TPSA) is 38.7 Å². The zero-order valence-electron chi connectivity index (χ0n) is 31.4. The molecule has 0 radical (unpaired) electrons. The maximum Gasteiger partial charge on any atom is 0.0972 e. The first-order valence-corrected chi connectivity index (χ1v) is 19.8. The zero-order valence-corrected chi connectivity index (χ0v) is 31.4. The van der Waals surface area contributed by atoms with Gasteiger partial charge in [0, 0.05) is 32.7 Å². The molecule has 58 heavy (non-hydrogen) atoms. The number of aromatic nitrogens is 3. The van der Waals surface area contributed by atoms with Crippen molar-refractivity contribution in [1.29, 1.82) is 0 Å². The highest BCUT2D eigenvalue weighted by molar-refractivity contribution is 6.24. The van der Waals surface area contributed by atoms with Crippen LogP contribution in [0.4, 0.5) is 0 Å². The van der Waals surface area contributed by atoms with Crippen molar-refractivity contribution in [2.45, 2.75) is 0 Å². The molecule has 0 N–H and O–H groups in total. The van der Waals surface area contributed by atoms with Crippen LogP contribution in [0.25, 0.3) is 121 Å². The van der Waals surface area contributed by atoms with E-state index in [1.807, 2.05) is 6.20 Å². The summed E-state index contributed by atoms with van der Waals surface area (Å²) in [6.07, 6.45) is 1.93. The Morgan fingerprint density at radius 1 is 0.310 bits per heavy atom. The molecule has 0 fully saturated rings. The van der Waals surface area contributed by atoms with E-state index in [1.54, 1.807) is 0 Å². The van der Waals surface area contributed by atoms with Crippen LogP contribution in [0, 0.1) is 0 Å². The van der Waals surface area contributed by atoms with E-state index in [2.05, 4.69) is 194 Å². The van der Waals surface area contributed by atoms with Crippen molar-refractivity contribution >= 4 is 75.8 Å². The molecule has 3 aromatic heterocycles. The average molecular weight is 736 g/mol. The van der Waals surface area contributed by atoms with Crippen molar-refractivity contribution in [3.8, 4) is 44.8 Å². The highest BCUT2D eigenvalue weighted by atomic mass is 14.8. The summed E-state index contributed by atoms with van der Waals surface area (Å²) in [5.74, 6) is 0. The molecule has 268 valence electrons. The summed E-state index contributed by atoms with van der Waals surface area (Å²) in [7, 11) is 0. The van der Waals surface area contributed by atoms with E-state index in [0.717, 1.165) is 66.0 Å². The van der Waals surface area contributed by atoms with Gasteiger partial charge in [-0.15, -0.1) is 0 Å². The van der Waals surface area contributed by atoms with Crippen molar-refractivity contribution in [1.82, 2.24) is 15.0 Å². The van der Waals surface area contributed by atoms with Gasteiger partial charge in [0.1, 0.15) is 0 Å². The molecule has 0 atom stereocenters. The van der Waals surface area contributed by atoms with Crippen molar-refractivity contribution in [3.05, 3.63) is 200 Å². The Bertz CT molecular complexity index is 3550. The van der Waals surface area contributed by atoms with Gasteiger partial charge in [0.05, 0.1) is 34.1 Å². The van der Waals surface area contributed by atoms with Crippen LogP contribution in [0.15, 0.2) is 200 Å². The SMILES string of the molecule is c1ccc(-c2c3ccccc3c(-c3ccc(-c4nc5cnc6c(ccc7ccc(-c8ccc9ccccc9c8)nc76)c5c5ccccc45)cc3)c3ccccc23)cc1. The molecule has 3 heterocycles. The highest BCUT2D eigenvalue weighted by Gasteiger charge is 2.19. The second-order valence-electron chi connectivity index (χ2n) is 15.1. The lowest BCUT2D eigenvalue weighted by molar-refractivity contribution is 1.36. The van der Waals surface area contributed by atoms with Crippen LogP contribution in [-0.4, -0.2) is 15.0 Å². The number of fused-ring (bicyclic) bond motifs is 10. The fourth-order valence-corrected chi connectivity index (χ4v) is 9.17. The number of hydrogen-bond acceptors (Lipinski definition) is 3. The van der Waals surface area contributed by atoms with Gasteiger partial charge in [-0.25, -0.2) is 9.97 Å². The Morgan fingerprint density at radius 3 is 1.55 bits per heavy atom. The zero-order chi connectivity index (χ0) is 38.2. The van der Waals surface area contributed by atoms with Gasteiger partial charge >= 0.3 is 0 Å². The van der Waals surface area contributed by atoms with Gasteiger partial charge in [0.15, 0.2) is 0 Å². The molecule has 0 bridgehead atoms. The van der Waals surface area contributed by atoms with E-state index in [0.29, 0.717) is 0 Å². The molecule has 0 saturated heterocycles. The van der Waals surface area contributed by atoms with Crippen LogP contribution < -0.4 is 0 Å². The van der Waals surface area contributed by atoms with Gasteiger partial charge in [0.25, 0.3) is 0 Å². The van der Waals surface area contributed by atoms with Gasteiger partial charge in [-0.1, -0.05) is 182 Å². The third kappa shape index (κ3) is 5.04. The molecule has 0 amide bonds. The molecule has 0 aliphatic rings. The molecule has 3 heteroatoms. The molecule has 0 aliphatic carbocycles. The largest absolute Gasteiger partial charge is 0.252 e. The standard InChI is InChI=1S/C55H33N3/c1-2-13-35(14-3-1)50-41-16-6-8-18-43(41)51(44-19-9-7-17-42(44)50)36-23-25-37(26-24-36)53-46-21-11-10-20-45(46)52-47-30-28-38-29-31-48(57-54(38)55(47)56-33-49(52)58-53)40-27-22-34-12-4-5-15-39(34)32-40/h1-33H. The first-order valence-electron chi connectivity index (χ1n) is 19.8. The maximum atomic E-state index is 5.36. The minimum absolute atomic E-state index is 0.865. The summed E-state index contributed by atoms with van der Waals surface area (Å²) in [6, 6.07) is 69.6. The lowest BCUT2D eigenvalue weighted by Gasteiger charge is -2.18. The van der Waals surface area contributed by atoms with Crippen molar-refractivity contribution < 1.29 is 0 Å². The minimum atomic E-state index is 0.865. The molecule has 12 rings (SSSR count). The average Bonchev–Trinajstić information content (AvgIpc) is 3.30. The Hall–Kier alpha value is -7.75. The summed E-state index contributed by atoms with van der Waals surface area (Å²) in [5, 5.41) is 12.9. The molecular weight excluding hydrogens is 703 g/mol. The van der Waals surface area contributed by atoms with Crippen LogP contribution in [0.1, 0.15) is 0 Å². The first-order chi connectivity index (χ1) is 28.8. The number of rotatable bonds is 4. The maximum absolute atomic E-state index is 5.36. The normalized spacial score (nSPS) is 11.8. The summed E-state index contributed by atoms with van der Waals surface area (Å²) in [6.45, 7) is 0. The minimum Gasteiger partial charge on any atom is -0.252 e. The van der Waals surface area contributed by atoms with Crippen molar-refractivity contribution in [2.24, 2.45) is 0 Å². The van der Waals surface area contributed by atoms with Gasteiger partial charge in [-0.3, -0.25) is 4.98 Å². The molecule has 12 aromatic rings. The van der Waals surface area contributed by atoms with E-state index < -0.39 is 0 Å². The van der Waals surface area contributed by atoms with E-state index in [-0.39, 0.29) is 0 Å². The van der Waals surface area contributed by atoms with Crippen LogP contribution in [0.3, 0.4) is 0 Å². The third-order valence-electron chi connectivity index (χ3n) is 11.8. The predicted octanol–water partition coefficient (Wildman–Crippen LogP) is 14.6. The smallest absolute Gasteiger partial charge is 0.0972 e. The van der Waals surface area contributed by atoms with E-state index in [1.165, 1.54) is 54.6 Å². The van der Waals surface area contributed by atoms with Gasteiger partial charge < -0.3 is 0 Å². The molecule has 0 aliphatic heterocycles. The second-order valence-corrected chi connectivity index (χ2v) is 15.1. The molecule has 9 aromatic carbocycles. The second kappa shape index (κ2) is 12.9. The number of nitrogens with zero attached hydrogens (tertiary/aromatic N) is 3. The van der Waals surface area contributed by atoms with E-state index in [9.17, 15) is 0 Å². The molecule has 0 spiro atoms. The van der Waals surface area contributed by atoms with E-state index >= 15 is 0 Å². The Morgan fingerprint density at radius 2 is 0.845 bits per heavy atom. The fourth-order valence-electron chi connectivity index (χ4n) is 9.17. The van der Waals surface area contributed by atoms with Gasteiger partial charge in [-0.2, -0.15) is 0 Å². The summed E-state index contributed by atoms with van der Waals surface area (Å²) in [5.41, 5.74) is 11.6. The predicted molar refractivity (Wildman–Crippen MR) is 244 cm³/mol. The molecule has 3 nitrogen and oxygen atoms in total. The Labute approximate surface area is 334 Å². The van der Waals surface area contributed by atoms with Crippen LogP contribution in [-0.2, 0) is 0 Å². The summed E-state index contributed by atoms with van der Waals surface area (Å²) in [4.78, 5) is 15.7. The van der Waals surface area contributed by atoms with Crippen molar-refractivity contribution in [2.75, 3.05) is 0 Å². The Kier molecular flexibility index (Phi) is 7.23. The highest BCUT2D eigenvalue weighted by Crippen LogP contribution is 2.44. The molecular formula is C55H33N3. The third-order valence-corrected chi connectivity index (χ3v) is 11.8. The number of benzene rings is 9. The number of pyridine rings is 3.